The van der Waals surface area contributed by atoms with Crippen LogP contribution in [-0.2, 0) is 10.2 Å². The van der Waals surface area contributed by atoms with Gasteiger partial charge in [-0.3, -0.25) is 0 Å². The van der Waals surface area contributed by atoms with Gasteiger partial charge in [-0.05, 0) is 25.3 Å². The summed E-state index contributed by atoms with van der Waals surface area (Å²) in [5.41, 5.74) is 2.11. The smallest absolute Gasteiger partial charge is 0.131 e. The third-order valence-electron chi connectivity index (χ3n) is 2.98. The first kappa shape index (κ1) is 9.20. The average molecular weight is 186 g/mol. The van der Waals surface area contributed by atoms with Crippen LogP contribution < -0.4 is 0 Å². The van der Waals surface area contributed by atoms with Crippen molar-refractivity contribution in [3.8, 4) is 0 Å². The quantitative estimate of drug-likeness (QED) is 0.512. The molecule has 0 radical (unpaired) electrons. The number of carbonyl (C=O) groups is 1. The fourth-order valence-electron chi connectivity index (χ4n) is 1.96. The molecular weight excluding hydrogens is 172 g/mol. The van der Waals surface area contributed by atoms with Crippen molar-refractivity contribution in [2.45, 2.75) is 25.2 Å². The molecule has 0 amide bonds. The summed E-state index contributed by atoms with van der Waals surface area (Å²) in [5, 5.41) is 0. The molecule has 1 aromatic rings. The molecule has 0 saturated carbocycles. The van der Waals surface area contributed by atoms with Gasteiger partial charge >= 0.3 is 0 Å². The van der Waals surface area contributed by atoms with Crippen molar-refractivity contribution in [1.29, 1.82) is 0 Å². The van der Waals surface area contributed by atoms with Gasteiger partial charge in [0.1, 0.15) is 6.29 Å². The van der Waals surface area contributed by atoms with E-state index in [4.69, 9.17) is 0 Å². The number of allylic oxidation sites excluding steroid dienone is 2. The number of carbonyl (C=O) groups excluding carboxylic acids is 1. The Hall–Kier alpha value is -1.37. The summed E-state index contributed by atoms with van der Waals surface area (Å²) in [4.78, 5) is 11.2. The Morgan fingerprint density at radius 2 is 1.71 bits per heavy atom. The summed E-state index contributed by atoms with van der Waals surface area (Å²) in [6.45, 7) is 2.06. The number of rotatable bonds is 2. The number of hydrogen-bond acceptors (Lipinski definition) is 1. The van der Waals surface area contributed by atoms with E-state index in [1.165, 1.54) is 5.56 Å². The Balaban J connectivity index is 2.37. The molecule has 0 atom stereocenters. The summed E-state index contributed by atoms with van der Waals surface area (Å²) < 4.78 is 0. The lowest BCUT2D eigenvalue weighted by atomic mass is 9.79. The summed E-state index contributed by atoms with van der Waals surface area (Å²) >= 11 is 0. The summed E-state index contributed by atoms with van der Waals surface area (Å²) in [5.74, 6) is 0. The molecule has 1 aliphatic carbocycles. The van der Waals surface area contributed by atoms with Gasteiger partial charge < -0.3 is 4.79 Å². The maximum absolute atomic E-state index is 11.2. The third-order valence-corrected chi connectivity index (χ3v) is 2.98. The van der Waals surface area contributed by atoms with Gasteiger partial charge in [0.05, 0.1) is 5.41 Å². The van der Waals surface area contributed by atoms with Crippen LogP contribution in [0.1, 0.15) is 24.0 Å². The monoisotopic (exact) mass is 186 g/mol. The number of aryl methyl sites for hydroxylation is 1. The van der Waals surface area contributed by atoms with Gasteiger partial charge in [-0.2, -0.15) is 0 Å². The lowest BCUT2D eigenvalue weighted by Crippen LogP contribution is -2.24. The molecule has 0 unspecified atom stereocenters. The topological polar surface area (TPSA) is 17.1 Å². The Morgan fingerprint density at radius 3 is 2.21 bits per heavy atom. The van der Waals surface area contributed by atoms with E-state index in [2.05, 4.69) is 43.3 Å². The Kier molecular flexibility index (Phi) is 2.24. The van der Waals surface area contributed by atoms with E-state index in [0.29, 0.717) is 0 Å². The maximum Gasteiger partial charge on any atom is 0.131 e. The average Bonchev–Trinajstić information content (AvgIpc) is 2.68. The van der Waals surface area contributed by atoms with Crippen LogP contribution in [0.4, 0.5) is 0 Å². The van der Waals surface area contributed by atoms with Crippen molar-refractivity contribution in [2.24, 2.45) is 0 Å². The first-order valence-electron chi connectivity index (χ1n) is 4.95. The van der Waals surface area contributed by atoms with E-state index in [1.807, 2.05) is 0 Å². The fourth-order valence-corrected chi connectivity index (χ4v) is 1.96. The van der Waals surface area contributed by atoms with Crippen LogP contribution in [0.15, 0.2) is 36.4 Å². The molecule has 0 aliphatic heterocycles. The minimum Gasteiger partial charge on any atom is -0.302 e. The summed E-state index contributed by atoms with van der Waals surface area (Å²) in [6.07, 6.45) is 6.97. The van der Waals surface area contributed by atoms with E-state index in [1.54, 1.807) is 0 Å². The number of benzene rings is 1. The van der Waals surface area contributed by atoms with Gasteiger partial charge in [0.2, 0.25) is 0 Å². The van der Waals surface area contributed by atoms with Crippen LogP contribution in [0.25, 0.3) is 0 Å². The lowest BCUT2D eigenvalue weighted by molar-refractivity contribution is -0.112. The highest BCUT2D eigenvalue weighted by Gasteiger charge is 2.32. The lowest BCUT2D eigenvalue weighted by Gasteiger charge is -2.22. The van der Waals surface area contributed by atoms with Crippen LogP contribution in [-0.4, -0.2) is 6.29 Å². The first-order valence-corrected chi connectivity index (χ1v) is 4.95. The minimum absolute atomic E-state index is 0.270. The second kappa shape index (κ2) is 3.41. The summed E-state index contributed by atoms with van der Waals surface area (Å²) in [7, 11) is 0. The molecular formula is C13H14O. The third kappa shape index (κ3) is 1.39. The van der Waals surface area contributed by atoms with Gasteiger partial charge in [0.15, 0.2) is 0 Å². The highest BCUT2D eigenvalue weighted by molar-refractivity contribution is 5.70. The largest absolute Gasteiger partial charge is 0.302 e. The number of aldehydes is 1. The molecule has 14 heavy (non-hydrogen) atoms. The molecule has 0 aromatic heterocycles. The standard InChI is InChI=1S/C13H14O/c1-11-4-6-12(7-5-11)13(10-14)8-2-3-9-13/h2-7,10H,8-9H2,1H3. The van der Waals surface area contributed by atoms with E-state index in [9.17, 15) is 4.79 Å². The van der Waals surface area contributed by atoms with Crippen molar-refractivity contribution in [1.82, 2.24) is 0 Å². The van der Waals surface area contributed by atoms with Crippen LogP contribution in [0.5, 0.6) is 0 Å². The van der Waals surface area contributed by atoms with Crippen molar-refractivity contribution in [3.63, 3.8) is 0 Å². The van der Waals surface area contributed by atoms with E-state index >= 15 is 0 Å². The van der Waals surface area contributed by atoms with Crippen LogP contribution >= 0.6 is 0 Å². The van der Waals surface area contributed by atoms with Crippen molar-refractivity contribution in [3.05, 3.63) is 47.5 Å². The Labute approximate surface area is 84.5 Å². The zero-order valence-corrected chi connectivity index (χ0v) is 8.36. The van der Waals surface area contributed by atoms with Crippen molar-refractivity contribution < 1.29 is 4.79 Å². The van der Waals surface area contributed by atoms with Gasteiger partial charge in [0.25, 0.3) is 0 Å². The molecule has 0 bridgehead atoms. The molecule has 0 spiro atoms. The van der Waals surface area contributed by atoms with Gasteiger partial charge in [-0.25, -0.2) is 0 Å². The Morgan fingerprint density at radius 1 is 1.14 bits per heavy atom. The second-order valence-electron chi connectivity index (χ2n) is 4.02. The SMILES string of the molecule is Cc1ccc(C2(C=O)CC=CC2)cc1. The zero-order valence-electron chi connectivity index (χ0n) is 8.36. The summed E-state index contributed by atoms with van der Waals surface area (Å²) in [6, 6.07) is 8.27. The molecule has 1 nitrogen and oxygen atoms in total. The van der Waals surface area contributed by atoms with Gasteiger partial charge in [0, 0.05) is 0 Å². The highest BCUT2D eigenvalue weighted by atomic mass is 16.1. The molecule has 72 valence electrons. The van der Waals surface area contributed by atoms with Crippen LogP contribution in [0, 0.1) is 6.92 Å². The zero-order chi connectivity index (χ0) is 10.0. The number of hydrogen-bond donors (Lipinski definition) is 0. The van der Waals surface area contributed by atoms with E-state index < -0.39 is 0 Å². The minimum atomic E-state index is -0.270. The molecule has 1 heteroatoms. The second-order valence-corrected chi connectivity index (χ2v) is 4.02. The first-order chi connectivity index (χ1) is 6.77. The van der Waals surface area contributed by atoms with Crippen LogP contribution in [0.2, 0.25) is 0 Å². The maximum atomic E-state index is 11.2. The molecule has 0 saturated heterocycles. The van der Waals surface area contributed by atoms with E-state index in [-0.39, 0.29) is 5.41 Å². The highest BCUT2D eigenvalue weighted by Crippen LogP contribution is 2.35. The molecule has 2 rings (SSSR count). The van der Waals surface area contributed by atoms with Gasteiger partial charge in [-0.1, -0.05) is 42.0 Å². The molecule has 1 aliphatic rings. The molecule has 0 fully saturated rings. The molecule has 1 aromatic carbocycles. The van der Waals surface area contributed by atoms with Gasteiger partial charge in [-0.15, -0.1) is 0 Å². The van der Waals surface area contributed by atoms with Crippen molar-refractivity contribution >= 4 is 6.29 Å². The fraction of sp³-hybridized carbons (Fsp3) is 0.308. The normalized spacial score (nSPS) is 18.4. The molecule has 0 heterocycles. The Bertz CT molecular complexity index is 351. The van der Waals surface area contributed by atoms with E-state index in [0.717, 1.165) is 24.7 Å². The predicted molar refractivity (Wildman–Crippen MR) is 57.3 cm³/mol. The molecule has 0 N–H and O–H groups in total. The van der Waals surface area contributed by atoms with Crippen LogP contribution in [0.3, 0.4) is 0 Å². The predicted octanol–water partition coefficient (Wildman–Crippen LogP) is 2.78. The van der Waals surface area contributed by atoms with Crippen molar-refractivity contribution in [2.75, 3.05) is 0 Å².